The van der Waals surface area contributed by atoms with Gasteiger partial charge in [-0.25, -0.2) is 0 Å². The zero-order valence-electron chi connectivity index (χ0n) is 19.2. The van der Waals surface area contributed by atoms with Crippen molar-refractivity contribution >= 4 is 35.1 Å². The molecule has 2 aromatic rings. The lowest BCUT2D eigenvalue weighted by Gasteiger charge is -2.20. The largest absolute Gasteiger partial charge is 0.426 e. The van der Waals surface area contributed by atoms with E-state index in [2.05, 4.69) is 0 Å². The van der Waals surface area contributed by atoms with Gasteiger partial charge in [0.25, 0.3) is 0 Å². The molecule has 2 aliphatic heterocycles. The SMILES string of the molecule is Cc1cccc(N2C[C@H](C(=O)Oc3ccc(N4C(=O)[C@H]5CC=CC[C@@H]5C4=O)cc3)CC2=O)c1C. The zero-order chi connectivity index (χ0) is 24.0. The molecule has 3 atom stereocenters. The van der Waals surface area contributed by atoms with E-state index >= 15 is 0 Å². The van der Waals surface area contributed by atoms with Gasteiger partial charge in [0, 0.05) is 18.7 Å². The number of hydrogen-bond donors (Lipinski definition) is 0. The molecule has 3 aliphatic rings. The zero-order valence-corrected chi connectivity index (χ0v) is 19.2. The van der Waals surface area contributed by atoms with Crippen LogP contribution >= 0.6 is 0 Å². The maximum Gasteiger partial charge on any atom is 0.316 e. The highest BCUT2D eigenvalue weighted by Gasteiger charge is 2.47. The third-order valence-electron chi connectivity index (χ3n) is 7.15. The summed E-state index contributed by atoms with van der Waals surface area (Å²) in [5.41, 5.74) is 3.39. The highest BCUT2D eigenvalue weighted by Crippen LogP contribution is 2.38. The third-order valence-corrected chi connectivity index (χ3v) is 7.15. The molecule has 0 spiro atoms. The number of fused-ring (bicyclic) bond motifs is 1. The van der Waals surface area contributed by atoms with Crippen molar-refractivity contribution in [2.75, 3.05) is 16.3 Å². The quantitative estimate of drug-likeness (QED) is 0.302. The Balaban J connectivity index is 1.25. The predicted molar refractivity (Wildman–Crippen MR) is 126 cm³/mol. The first-order valence-corrected chi connectivity index (χ1v) is 11.6. The number of carbonyl (C=O) groups is 4. The summed E-state index contributed by atoms with van der Waals surface area (Å²) in [7, 11) is 0. The van der Waals surface area contributed by atoms with Gasteiger partial charge in [0.15, 0.2) is 0 Å². The number of carbonyl (C=O) groups excluding carboxylic acids is 4. The van der Waals surface area contributed by atoms with Crippen LogP contribution in [0.2, 0.25) is 0 Å². The van der Waals surface area contributed by atoms with Crippen LogP contribution in [0.4, 0.5) is 11.4 Å². The highest BCUT2D eigenvalue weighted by molar-refractivity contribution is 6.22. The molecule has 0 unspecified atom stereocenters. The normalized spacial score (nSPS) is 24.1. The minimum absolute atomic E-state index is 0.0951. The summed E-state index contributed by atoms with van der Waals surface area (Å²) in [6.07, 6.45) is 5.17. The molecule has 7 nitrogen and oxygen atoms in total. The molecule has 174 valence electrons. The topological polar surface area (TPSA) is 84.0 Å². The maximum absolute atomic E-state index is 12.8. The van der Waals surface area contributed by atoms with E-state index in [0.717, 1.165) is 16.8 Å². The van der Waals surface area contributed by atoms with Gasteiger partial charge in [-0.05, 0) is 68.1 Å². The summed E-state index contributed by atoms with van der Waals surface area (Å²) >= 11 is 0. The number of ether oxygens (including phenoxy) is 1. The molecule has 2 saturated heterocycles. The second-order valence-corrected chi connectivity index (χ2v) is 9.21. The Morgan fingerprint density at radius 2 is 1.56 bits per heavy atom. The number of rotatable bonds is 4. The Morgan fingerprint density at radius 1 is 0.912 bits per heavy atom. The monoisotopic (exact) mass is 458 g/mol. The Labute approximate surface area is 198 Å². The Hall–Kier alpha value is -3.74. The molecule has 0 bridgehead atoms. The fourth-order valence-electron chi connectivity index (χ4n) is 5.04. The van der Waals surface area contributed by atoms with Crippen LogP contribution in [0.5, 0.6) is 5.75 Å². The molecule has 7 heteroatoms. The van der Waals surface area contributed by atoms with Gasteiger partial charge in [-0.1, -0.05) is 24.3 Å². The van der Waals surface area contributed by atoms with Gasteiger partial charge in [-0.2, -0.15) is 0 Å². The van der Waals surface area contributed by atoms with Crippen molar-refractivity contribution in [3.63, 3.8) is 0 Å². The van der Waals surface area contributed by atoms with Crippen molar-refractivity contribution in [2.24, 2.45) is 17.8 Å². The molecule has 34 heavy (non-hydrogen) atoms. The lowest BCUT2D eigenvalue weighted by atomic mass is 9.85. The van der Waals surface area contributed by atoms with E-state index in [1.54, 1.807) is 29.2 Å². The molecule has 0 radical (unpaired) electrons. The average molecular weight is 459 g/mol. The number of anilines is 2. The predicted octanol–water partition coefficient (Wildman–Crippen LogP) is 3.72. The molecule has 3 amide bonds. The molecule has 2 aromatic carbocycles. The fraction of sp³-hybridized carbons (Fsp3) is 0.333. The van der Waals surface area contributed by atoms with Crippen LogP contribution in [-0.4, -0.2) is 30.2 Å². The van der Waals surface area contributed by atoms with Crippen LogP contribution < -0.4 is 14.5 Å². The number of allylic oxidation sites excluding steroid dienone is 2. The van der Waals surface area contributed by atoms with Gasteiger partial charge < -0.3 is 9.64 Å². The summed E-state index contributed by atoms with van der Waals surface area (Å²) in [5.74, 6) is -1.79. The third kappa shape index (κ3) is 3.71. The van der Waals surface area contributed by atoms with E-state index in [4.69, 9.17) is 4.74 Å². The van der Waals surface area contributed by atoms with Crippen molar-refractivity contribution in [3.05, 3.63) is 65.7 Å². The summed E-state index contributed by atoms with van der Waals surface area (Å²) < 4.78 is 5.53. The lowest BCUT2D eigenvalue weighted by molar-refractivity contribution is -0.139. The molecule has 0 aromatic heterocycles. The van der Waals surface area contributed by atoms with Crippen molar-refractivity contribution < 1.29 is 23.9 Å². The minimum Gasteiger partial charge on any atom is -0.426 e. The average Bonchev–Trinajstić information content (AvgIpc) is 3.34. The molecule has 1 aliphatic carbocycles. The lowest BCUT2D eigenvalue weighted by Crippen LogP contribution is -2.30. The molecule has 5 rings (SSSR count). The molecular weight excluding hydrogens is 432 g/mol. The number of aryl methyl sites for hydroxylation is 1. The minimum atomic E-state index is -0.565. The Morgan fingerprint density at radius 3 is 2.21 bits per heavy atom. The fourth-order valence-corrected chi connectivity index (χ4v) is 5.04. The second kappa shape index (κ2) is 8.56. The molecular formula is C27H26N2O5. The first-order chi connectivity index (χ1) is 16.3. The van der Waals surface area contributed by atoms with Crippen LogP contribution in [0.15, 0.2) is 54.6 Å². The van der Waals surface area contributed by atoms with Gasteiger partial charge in [0.05, 0.1) is 23.4 Å². The number of nitrogens with zero attached hydrogens (tertiary/aromatic N) is 2. The number of imide groups is 1. The van der Waals surface area contributed by atoms with Crippen LogP contribution in [0.25, 0.3) is 0 Å². The molecule has 0 saturated carbocycles. The maximum atomic E-state index is 12.8. The first-order valence-electron chi connectivity index (χ1n) is 11.6. The van der Waals surface area contributed by atoms with E-state index in [-0.39, 0.29) is 42.5 Å². The Bertz CT molecular complexity index is 1190. The van der Waals surface area contributed by atoms with E-state index in [9.17, 15) is 19.2 Å². The van der Waals surface area contributed by atoms with Crippen LogP contribution in [0.1, 0.15) is 30.4 Å². The van der Waals surface area contributed by atoms with Crippen molar-refractivity contribution in [1.29, 1.82) is 0 Å². The highest BCUT2D eigenvalue weighted by atomic mass is 16.5. The first kappa shape index (κ1) is 22.1. The summed E-state index contributed by atoms with van der Waals surface area (Å²) in [5, 5.41) is 0. The number of hydrogen-bond acceptors (Lipinski definition) is 5. The van der Waals surface area contributed by atoms with Gasteiger partial charge in [0.2, 0.25) is 17.7 Å². The number of benzene rings is 2. The summed E-state index contributed by atoms with van der Waals surface area (Å²) in [6, 6.07) is 12.2. The number of esters is 1. The molecule has 2 fully saturated rings. The standard InChI is InChI=1S/C27H26N2O5/c1-16-6-5-9-23(17(16)2)28-15-18(14-24(28)30)27(33)34-20-12-10-19(11-13-20)29-25(31)21-7-3-4-8-22(21)26(29)32/h3-6,9-13,18,21-22H,7-8,14-15H2,1-2H3/t18-,21+,22+/m1/s1. The van der Waals surface area contributed by atoms with Crippen molar-refractivity contribution in [3.8, 4) is 5.75 Å². The van der Waals surface area contributed by atoms with E-state index in [0.29, 0.717) is 24.3 Å². The van der Waals surface area contributed by atoms with Gasteiger partial charge in [-0.3, -0.25) is 24.1 Å². The van der Waals surface area contributed by atoms with Gasteiger partial charge >= 0.3 is 5.97 Å². The summed E-state index contributed by atoms with van der Waals surface area (Å²) in [6.45, 7) is 4.23. The molecule has 2 heterocycles. The van der Waals surface area contributed by atoms with Crippen molar-refractivity contribution in [1.82, 2.24) is 0 Å². The van der Waals surface area contributed by atoms with Crippen molar-refractivity contribution in [2.45, 2.75) is 33.1 Å². The van der Waals surface area contributed by atoms with Gasteiger partial charge in [-0.15, -0.1) is 0 Å². The van der Waals surface area contributed by atoms with Crippen LogP contribution in [0.3, 0.4) is 0 Å². The molecule has 0 N–H and O–H groups in total. The smallest absolute Gasteiger partial charge is 0.316 e. The summed E-state index contributed by atoms with van der Waals surface area (Å²) in [4.78, 5) is 53.8. The second-order valence-electron chi connectivity index (χ2n) is 9.21. The van der Waals surface area contributed by atoms with Crippen LogP contribution in [0, 0.1) is 31.6 Å². The number of amides is 3. The Kier molecular flexibility index (Phi) is 5.55. The van der Waals surface area contributed by atoms with Gasteiger partial charge in [0.1, 0.15) is 5.75 Å². The van der Waals surface area contributed by atoms with E-state index in [1.807, 2.05) is 44.2 Å². The van der Waals surface area contributed by atoms with E-state index in [1.165, 1.54) is 4.90 Å². The van der Waals surface area contributed by atoms with Crippen LogP contribution in [-0.2, 0) is 19.2 Å². The van der Waals surface area contributed by atoms with E-state index < -0.39 is 11.9 Å².